The highest BCUT2D eigenvalue weighted by Gasteiger charge is 2.29. The van der Waals surface area contributed by atoms with E-state index in [0.717, 1.165) is 64.2 Å². The molecule has 2 atom stereocenters. The first kappa shape index (κ1) is 88.1. The summed E-state index contributed by atoms with van der Waals surface area (Å²) in [5.41, 5.74) is -2.26. The third kappa shape index (κ3) is 44.4. The van der Waals surface area contributed by atoms with Crippen LogP contribution >= 0.6 is 0 Å². The van der Waals surface area contributed by atoms with Crippen LogP contribution in [0.2, 0.25) is 0 Å². The van der Waals surface area contributed by atoms with Crippen molar-refractivity contribution in [3.05, 3.63) is 35.4 Å². The number of aromatic carboxylic acids is 1. The van der Waals surface area contributed by atoms with Crippen LogP contribution in [-0.4, -0.2) is 123 Å². The van der Waals surface area contributed by atoms with Gasteiger partial charge >= 0.3 is 59.7 Å². The van der Waals surface area contributed by atoms with Crippen LogP contribution in [0.15, 0.2) is 24.3 Å². The largest absolute Gasteiger partial charge is 0.481 e. The number of rotatable bonds is 45. The summed E-state index contributed by atoms with van der Waals surface area (Å²) < 4.78 is 41.5. The van der Waals surface area contributed by atoms with Gasteiger partial charge in [-0.1, -0.05) is 106 Å². The molecule has 1 rings (SSSR count). The van der Waals surface area contributed by atoms with Gasteiger partial charge in [0.05, 0.1) is 72.4 Å². The Morgan fingerprint density at radius 1 is 0.367 bits per heavy atom. The smallest absolute Gasteiger partial charge is 0.339 e. The molecule has 520 valence electrons. The number of hydrogen-bond acceptors (Lipinski definition) is 18. The number of unbranched alkanes of at least 4 members (excludes halogenated alkanes) is 6. The normalized spacial score (nSPS) is 11.9. The Bertz CT molecular complexity index is 2110. The maximum absolute atomic E-state index is 11.8. The molecule has 1 aromatic rings. The Hall–Kier alpha value is -6.08. The number of carbonyl (C=O) groups is 10. The van der Waals surface area contributed by atoms with Crippen molar-refractivity contribution >= 4 is 59.7 Å². The first-order valence-electron chi connectivity index (χ1n) is 33.2. The van der Waals surface area contributed by atoms with Crippen molar-refractivity contribution in [1.82, 2.24) is 0 Å². The second-order valence-corrected chi connectivity index (χ2v) is 25.1. The van der Waals surface area contributed by atoms with Gasteiger partial charge in [-0.25, -0.2) is 9.59 Å². The molecule has 0 aliphatic heterocycles. The van der Waals surface area contributed by atoms with Crippen molar-refractivity contribution in [3.8, 4) is 0 Å². The summed E-state index contributed by atoms with van der Waals surface area (Å²) in [6.07, 6.45) is 18.6. The lowest BCUT2D eigenvalue weighted by molar-refractivity contribution is -0.155. The third-order valence-corrected chi connectivity index (χ3v) is 15.8. The zero-order valence-corrected chi connectivity index (χ0v) is 58.3. The fraction of sp³-hybridized carbons (Fsp3) is 0.771. The zero-order valence-electron chi connectivity index (χ0n) is 58.3. The molecular formula is C70H120O20. The van der Waals surface area contributed by atoms with Gasteiger partial charge in [0.2, 0.25) is 0 Å². The van der Waals surface area contributed by atoms with Gasteiger partial charge in [-0.05, 0) is 169 Å². The van der Waals surface area contributed by atoms with Crippen molar-refractivity contribution in [3.63, 3.8) is 0 Å². The molecule has 90 heavy (non-hydrogen) atoms. The summed E-state index contributed by atoms with van der Waals surface area (Å²) >= 11 is 0. The second-order valence-electron chi connectivity index (χ2n) is 25.1. The van der Waals surface area contributed by atoms with Crippen molar-refractivity contribution in [2.24, 2.45) is 33.5 Å². The molecular weight excluding hydrogens is 1160 g/mol. The fourth-order valence-corrected chi connectivity index (χ4v) is 7.10. The second kappa shape index (κ2) is 51.5. The van der Waals surface area contributed by atoms with Gasteiger partial charge in [0.15, 0.2) is 0 Å². The maximum Gasteiger partial charge on any atom is 0.339 e. The summed E-state index contributed by atoms with van der Waals surface area (Å²) in [4.78, 5) is 115. The van der Waals surface area contributed by atoms with Crippen LogP contribution in [0.1, 0.15) is 286 Å². The number of carboxylic acid groups (broad SMARTS) is 2. The fourth-order valence-electron chi connectivity index (χ4n) is 7.10. The highest BCUT2D eigenvalue weighted by molar-refractivity contribution is 6.02. The SMILES string of the molecule is CCC(C)(C)C(=O)O.CCC(C)(C)C(=O)OCCOC(=O)c1ccccc1C(=O)O.CCCCC(CC)COC(=O)CCCCCOC(=O)CCCOC(=O)C(C)(C)CC.CCCCC(CC)COC(=O)CCCCCOC(=O)CCCOC(=O)C(C)(C)CC. The molecule has 0 saturated heterocycles. The van der Waals surface area contributed by atoms with E-state index in [9.17, 15) is 47.9 Å². The van der Waals surface area contributed by atoms with E-state index in [4.69, 9.17) is 48.1 Å². The number of carboxylic acids is 2. The summed E-state index contributed by atoms with van der Waals surface area (Å²) in [5.74, 6) is -3.41. The molecule has 2 N–H and O–H groups in total. The minimum atomic E-state index is -1.20. The molecule has 2 unspecified atom stereocenters. The Morgan fingerprint density at radius 2 is 0.689 bits per heavy atom. The van der Waals surface area contributed by atoms with Crippen LogP contribution in [0.5, 0.6) is 0 Å². The Labute approximate surface area is 540 Å². The molecule has 0 fully saturated rings. The highest BCUT2D eigenvalue weighted by Crippen LogP contribution is 2.24. The number of esters is 8. The predicted molar refractivity (Wildman–Crippen MR) is 346 cm³/mol. The van der Waals surface area contributed by atoms with Crippen LogP contribution in [-0.2, 0) is 76.3 Å². The molecule has 20 nitrogen and oxygen atoms in total. The summed E-state index contributed by atoms with van der Waals surface area (Å²) in [7, 11) is 0. The van der Waals surface area contributed by atoms with Gasteiger partial charge in [-0.3, -0.25) is 38.4 Å². The molecule has 0 radical (unpaired) electrons. The molecule has 0 saturated carbocycles. The van der Waals surface area contributed by atoms with Crippen LogP contribution in [0.25, 0.3) is 0 Å². The van der Waals surface area contributed by atoms with Gasteiger partial charge in [0.25, 0.3) is 0 Å². The first-order valence-corrected chi connectivity index (χ1v) is 33.2. The quantitative estimate of drug-likeness (QED) is 0.0348. The lowest BCUT2D eigenvalue weighted by Crippen LogP contribution is -2.27. The monoisotopic (exact) mass is 1280 g/mol. The Morgan fingerprint density at radius 3 is 1.01 bits per heavy atom. The van der Waals surface area contributed by atoms with Crippen molar-refractivity contribution in [1.29, 1.82) is 0 Å². The number of aliphatic carboxylic acids is 1. The predicted octanol–water partition coefficient (Wildman–Crippen LogP) is 15.2. The molecule has 0 aromatic heterocycles. The molecule has 0 spiro atoms. The van der Waals surface area contributed by atoms with Crippen molar-refractivity contribution < 1.29 is 96.1 Å². The lowest BCUT2D eigenvalue weighted by Gasteiger charge is -2.20. The molecule has 0 aliphatic carbocycles. The maximum atomic E-state index is 11.8. The van der Waals surface area contributed by atoms with E-state index in [1.807, 2.05) is 55.4 Å². The highest BCUT2D eigenvalue weighted by atomic mass is 16.6. The topological polar surface area (TPSA) is 285 Å². The molecule has 0 amide bonds. The summed E-state index contributed by atoms with van der Waals surface area (Å²) in [6, 6.07) is 5.77. The van der Waals surface area contributed by atoms with E-state index < -0.39 is 39.6 Å². The van der Waals surface area contributed by atoms with E-state index in [0.29, 0.717) is 89.6 Å². The third-order valence-electron chi connectivity index (χ3n) is 15.8. The van der Waals surface area contributed by atoms with Gasteiger partial charge in [-0.2, -0.15) is 0 Å². The van der Waals surface area contributed by atoms with E-state index in [-0.39, 0.29) is 92.2 Å². The minimum Gasteiger partial charge on any atom is -0.481 e. The molecule has 0 bridgehead atoms. The summed E-state index contributed by atoms with van der Waals surface area (Å²) in [6.45, 7) is 32.6. The van der Waals surface area contributed by atoms with Gasteiger partial charge in [0, 0.05) is 25.7 Å². The number of ether oxygens (including phenoxy) is 8. The van der Waals surface area contributed by atoms with Crippen LogP contribution in [0.3, 0.4) is 0 Å². The standard InChI is InChI=1S/2C24H44O6.C16H20O6.C6H12O2/c2*1-6-9-14-20(7-2)19-30-22(26)15-11-10-12-17-28-21(25)16-13-18-29-23(27)24(4,5)8-3;1-4-16(2,3)15(20)22-10-9-21-14(19)12-8-6-5-7-11(12)13(17)18;1-4-6(2,3)5(7)8/h2*20H,6-19H2,1-5H3;5-8H,4,9-10H2,1-3H3,(H,17,18);4H2,1-3H3,(H,7,8). The van der Waals surface area contributed by atoms with E-state index in [1.54, 1.807) is 33.8 Å². The van der Waals surface area contributed by atoms with Gasteiger partial charge < -0.3 is 48.1 Å². The Balaban J connectivity index is -0.00000120. The van der Waals surface area contributed by atoms with E-state index in [1.165, 1.54) is 43.9 Å². The Kier molecular flexibility index (Phi) is 50.5. The number of carbonyl (C=O) groups excluding carboxylic acids is 8. The number of benzene rings is 1. The average molecular weight is 1280 g/mol. The van der Waals surface area contributed by atoms with E-state index in [2.05, 4.69) is 27.7 Å². The summed E-state index contributed by atoms with van der Waals surface area (Å²) in [5, 5.41) is 17.4. The molecule has 1 aromatic carbocycles. The number of hydrogen-bond donors (Lipinski definition) is 2. The van der Waals surface area contributed by atoms with Crippen LogP contribution < -0.4 is 0 Å². The van der Waals surface area contributed by atoms with Crippen molar-refractivity contribution in [2.45, 2.75) is 265 Å². The van der Waals surface area contributed by atoms with Crippen molar-refractivity contribution in [2.75, 3.05) is 52.9 Å². The first-order chi connectivity index (χ1) is 42.3. The lowest BCUT2D eigenvalue weighted by atomic mass is 9.91. The molecule has 0 aliphatic rings. The van der Waals surface area contributed by atoms with E-state index >= 15 is 0 Å². The average Bonchev–Trinajstić information content (AvgIpc) is 1.49. The zero-order chi connectivity index (χ0) is 69.2. The molecule has 20 heteroatoms. The van der Waals surface area contributed by atoms with Crippen LogP contribution in [0, 0.1) is 33.5 Å². The van der Waals surface area contributed by atoms with Gasteiger partial charge in [-0.15, -0.1) is 0 Å². The molecule has 0 heterocycles. The van der Waals surface area contributed by atoms with Crippen LogP contribution in [0.4, 0.5) is 0 Å². The minimum absolute atomic E-state index is 0.0322. The van der Waals surface area contributed by atoms with Gasteiger partial charge in [0.1, 0.15) is 13.2 Å².